The lowest BCUT2D eigenvalue weighted by Gasteiger charge is -2.12. The maximum absolute atomic E-state index is 11.8. The maximum Gasteiger partial charge on any atom is 0.244 e. The van der Waals surface area contributed by atoms with Gasteiger partial charge in [-0.2, -0.15) is 10.3 Å². The van der Waals surface area contributed by atoms with Crippen LogP contribution in [0.5, 0.6) is 0 Å². The molecule has 102 valence electrons. The number of rotatable bonds is 6. The zero-order valence-electron chi connectivity index (χ0n) is 10.4. The number of aromatic nitrogens is 6. The van der Waals surface area contributed by atoms with E-state index in [1.54, 1.807) is 13.1 Å². The molecule has 0 fully saturated rings. The number of halogens is 1. The number of carbonyl (C=O) groups is 1. The molecule has 1 amide bonds. The fourth-order valence-corrected chi connectivity index (χ4v) is 1.68. The molecule has 0 spiro atoms. The number of nitrogens with one attached hydrogen (secondary N) is 2. The van der Waals surface area contributed by atoms with Crippen molar-refractivity contribution in [1.29, 1.82) is 0 Å². The summed E-state index contributed by atoms with van der Waals surface area (Å²) in [4.78, 5) is 11.8. The van der Waals surface area contributed by atoms with Crippen LogP contribution in [0.25, 0.3) is 0 Å². The summed E-state index contributed by atoms with van der Waals surface area (Å²) < 4.78 is 1.52. The molecule has 0 aromatic carbocycles. The highest BCUT2D eigenvalue weighted by Gasteiger charge is 2.15. The van der Waals surface area contributed by atoms with Crippen molar-refractivity contribution in [3.8, 4) is 0 Å². The minimum atomic E-state index is -0.391. The van der Waals surface area contributed by atoms with E-state index in [1.807, 2.05) is 0 Å². The van der Waals surface area contributed by atoms with Crippen LogP contribution < -0.4 is 5.32 Å². The van der Waals surface area contributed by atoms with Gasteiger partial charge < -0.3 is 5.32 Å². The van der Waals surface area contributed by atoms with E-state index in [0.717, 1.165) is 6.42 Å². The SMILES string of the molecule is C[C@H](C(=O)NCCCc1nn[nH]n1)n1cc(Cl)cn1. The van der Waals surface area contributed by atoms with Crippen LogP contribution >= 0.6 is 11.6 Å². The second-order valence-corrected chi connectivity index (χ2v) is 4.47. The summed E-state index contributed by atoms with van der Waals surface area (Å²) in [5, 5.41) is 20.8. The molecule has 2 heterocycles. The predicted octanol–water partition coefficient (Wildman–Crippen LogP) is 0.360. The normalized spacial score (nSPS) is 12.3. The number of hydrogen-bond acceptors (Lipinski definition) is 5. The Hall–Kier alpha value is -1.96. The third-order valence-corrected chi connectivity index (χ3v) is 2.81. The lowest BCUT2D eigenvalue weighted by Crippen LogP contribution is -2.32. The fourth-order valence-electron chi connectivity index (χ4n) is 1.54. The number of amides is 1. The van der Waals surface area contributed by atoms with Crippen molar-refractivity contribution in [3.05, 3.63) is 23.2 Å². The second-order valence-electron chi connectivity index (χ2n) is 4.04. The zero-order valence-corrected chi connectivity index (χ0v) is 11.1. The first-order chi connectivity index (χ1) is 9.16. The molecule has 0 unspecified atom stereocenters. The number of tetrazole rings is 1. The number of nitrogens with zero attached hydrogens (tertiary/aromatic N) is 5. The molecule has 0 radical (unpaired) electrons. The Labute approximate surface area is 114 Å². The van der Waals surface area contributed by atoms with E-state index in [2.05, 4.69) is 31.0 Å². The molecule has 2 rings (SSSR count). The predicted molar refractivity (Wildman–Crippen MR) is 67.5 cm³/mol. The summed E-state index contributed by atoms with van der Waals surface area (Å²) in [7, 11) is 0. The van der Waals surface area contributed by atoms with E-state index in [1.165, 1.54) is 10.9 Å². The van der Waals surface area contributed by atoms with Gasteiger partial charge in [0.2, 0.25) is 5.91 Å². The van der Waals surface area contributed by atoms with Crippen LogP contribution in [0.4, 0.5) is 0 Å². The summed E-state index contributed by atoms with van der Waals surface area (Å²) in [5.41, 5.74) is 0. The minimum Gasteiger partial charge on any atom is -0.354 e. The van der Waals surface area contributed by atoms with E-state index in [-0.39, 0.29) is 5.91 Å². The minimum absolute atomic E-state index is 0.104. The van der Waals surface area contributed by atoms with E-state index >= 15 is 0 Å². The van der Waals surface area contributed by atoms with Crippen LogP contribution in [0.15, 0.2) is 12.4 Å². The molecule has 19 heavy (non-hydrogen) atoms. The summed E-state index contributed by atoms with van der Waals surface area (Å²) in [5.74, 6) is 0.536. The van der Waals surface area contributed by atoms with E-state index in [9.17, 15) is 4.79 Å². The Morgan fingerprint density at radius 1 is 1.63 bits per heavy atom. The fraction of sp³-hybridized carbons (Fsp3) is 0.500. The molecule has 0 aliphatic rings. The van der Waals surface area contributed by atoms with Crippen molar-refractivity contribution < 1.29 is 4.79 Å². The Bertz CT molecular complexity index is 524. The van der Waals surface area contributed by atoms with Gasteiger partial charge in [0.1, 0.15) is 6.04 Å². The largest absolute Gasteiger partial charge is 0.354 e. The molecule has 0 saturated heterocycles. The molecule has 0 saturated carbocycles. The van der Waals surface area contributed by atoms with E-state index < -0.39 is 6.04 Å². The smallest absolute Gasteiger partial charge is 0.244 e. The van der Waals surface area contributed by atoms with Gasteiger partial charge >= 0.3 is 0 Å². The molecule has 0 aliphatic heterocycles. The van der Waals surface area contributed by atoms with Gasteiger partial charge in [-0.25, -0.2) is 0 Å². The van der Waals surface area contributed by atoms with Crippen LogP contribution in [-0.2, 0) is 11.2 Å². The molecule has 2 aromatic rings. The first kappa shape index (κ1) is 13.5. The van der Waals surface area contributed by atoms with Gasteiger partial charge in [-0.15, -0.1) is 10.2 Å². The topological polar surface area (TPSA) is 101 Å². The van der Waals surface area contributed by atoms with E-state index in [0.29, 0.717) is 23.8 Å². The van der Waals surface area contributed by atoms with Gasteiger partial charge in [0.05, 0.1) is 11.2 Å². The van der Waals surface area contributed by atoms with Crippen molar-refractivity contribution in [3.63, 3.8) is 0 Å². The highest BCUT2D eigenvalue weighted by atomic mass is 35.5. The zero-order chi connectivity index (χ0) is 13.7. The number of hydrogen-bond donors (Lipinski definition) is 2. The van der Waals surface area contributed by atoms with Crippen LogP contribution in [-0.4, -0.2) is 42.9 Å². The molecule has 0 aliphatic carbocycles. The Morgan fingerprint density at radius 3 is 3.11 bits per heavy atom. The number of aromatic amines is 1. The highest BCUT2D eigenvalue weighted by molar-refractivity contribution is 6.30. The number of H-pyrrole nitrogens is 1. The number of aryl methyl sites for hydroxylation is 1. The summed E-state index contributed by atoms with van der Waals surface area (Å²) in [6, 6.07) is -0.391. The molecule has 2 aromatic heterocycles. The van der Waals surface area contributed by atoms with Crippen LogP contribution in [0, 0.1) is 0 Å². The second kappa shape index (κ2) is 6.28. The first-order valence-corrected chi connectivity index (χ1v) is 6.24. The van der Waals surface area contributed by atoms with Gasteiger partial charge in [0, 0.05) is 19.2 Å². The van der Waals surface area contributed by atoms with E-state index in [4.69, 9.17) is 11.6 Å². The summed E-state index contributed by atoms with van der Waals surface area (Å²) in [6.07, 6.45) is 4.53. The Kier molecular flexibility index (Phi) is 4.45. The quantitative estimate of drug-likeness (QED) is 0.745. The van der Waals surface area contributed by atoms with Crippen molar-refractivity contribution in [2.24, 2.45) is 0 Å². The monoisotopic (exact) mass is 283 g/mol. The Balaban J connectivity index is 1.72. The average Bonchev–Trinajstić information content (AvgIpc) is 3.04. The third-order valence-electron chi connectivity index (χ3n) is 2.61. The van der Waals surface area contributed by atoms with Gasteiger partial charge in [-0.05, 0) is 13.3 Å². The molecular weight excluding hydrogens is 270 g/mol. The lowest BCUT2D eigenvalue weighted by atomic mass is 10.2. The van der Waals surface area contributed by atoms with Crippen molar-refractivity contribution in [1.82, 2.24) is 35.7 Å². The van der Waals surface area contributed by atoms with Crippen molar-refractivity contribution >= 4 is 17.5 Å². The maximum atomic E-state index is 11.8. The summed E-state index contributed by atoms with van der Waals surface area (Å²) >= 11 is 5.76. The van der Waals surface area contributed by atoms with Crippen LogP contribution in [0.2, 0.25) is 5.02 Å². The number of carbonyl (C=O) groups excluding carboxylic acids is 1. The molecular formula is C10H14ClN7O. The third kappa shape index (κ3) is 3.75. The van der Waals surface area contributed by atoms with Gasteiger partial charge in [0.15, 0.2) is 5.82 Å². The van der Waals surface area contributed by atoms with Crippen molar-refractivity contribution in [2.75, 3.05) is 6.54 Å². The van der Waals surface area contributed by atoms with Gasteiger partial charge in [0.25, 0.3) is 0 Å². The highest BCUT2D eigenvalue weighted by Crippen LogP contribution is 2.10. The van der Waals surface area contributed by atoms with Crippen LogP contribution in [0.3, 0.4) is 0 Å². The molecule has 8 nitrogen and oxygen atoms in total. The van der Waals surface area contributed by atoms with Gasteiger partial charge in [-0.1, -0.05) is 16.8 Å². The van der Waals surface area contributed by atoms with Gasteiger partial charge in [-0.3, -0.25) is 9.48 Å². The molecule has 2 N–H and O–H groups in total. The molecule has 1 atom stereocenters. The van der Waals surface area contributed by atoms with Crippen LogP contribution in [0.1, 0.15) is 25.2 Å². The lowest BCUT2D eigenvalue weighted by molar-refractivity contribution is -0.124. The molecule has 0 bridgehead atoms. The summed E-state index contributed by atoms with van der Waals surface area (Å²) in [6.45, 7) is 2.31. The first-order valence-electron chi connectivity index (χ1n) is 5.86. The standard InChI is InChI=1S/C10H14ClN7O/c1-7(18-6-8(11)5-13-18)10(19)12-4-2-3-9-14-16-17-15-9/h5-7H,2-4H2,1H3,(H,12,19)(H,14,15,16,17)/t7-/m1/s1. The van der Waals surface area contributed by atoms with Crippen molar-refractivity contribution in [2.45, 2.75) is 25.8 Å². The average molecular weight is 284 g/mol. The Morgan fingerprint density at radius 2 is 2.47 bits per heavy atom. The molecule has 9 heteroatoms.